The predicted octanol–water partition coefficient (Wildman–Crippen LogP) is 1.63. The third-order valence-corrected chi connectivity index (χ3v) is 4.33. The molecule has 1 aromatic rings. The van der Waals surface area contributed by atoms with Crippen LogP contribution in [0.3, 0.4) is 0 Å². The first-order valence-corrected chi connectivity index (χ1v) is 8.37. The van der Waals surface area contributed by atoms with Gasteiger partial charge in [0, 0.05) is 18.2 Å². The predicted molar refractivity (Wildman–Crippen MR) is 91.5 cm³/mol. The number of hydrogen-bond acceptors (Lipinski definition) is 3. The second-order valence-corrected chi connectivity index (χ2v) is 6.29. The van der Waals surface area contributed by atoms with E-state index in [9.17, 15) is 9.59 Å². The SMILES string of the molecule is CCN1CCCC1CNC(=O)CNC(=O)c1cc(C)cc(C)c1. The van der Waals surface area contributed by atoms with Gasteiger partial charge >= 0.3 is 0 Å². The fraction of sp³-hybridized carbons (Fsp3) is 0.556. The van der Waals surface area contributed by atoms with Crippen molar-refractivity contribution in [3.05, 3.63) is 34.9 Å². The minimum absolute atomic E-state index is 0.0185. The Bertz CT molecular complexity index is 551. The molecule has 1 fully saturated rings. The lowest BCUT2D eigenvalue weighted by molar-refractivity contribution is -0.120. The van der Waals surface area contributed by atoms with Crippen LogP contribution in [-0.4, -0.2) is 48.9 Å². The molecular formula is C18H27N3O2. The molecular weight excluding hydrogens is 290 g/mol. The van der Waals surface area contributed by atoms with E-state index < -0.39 is 0 Å². The number of nitrogens with one attached hydrogen (secondary N) is 2. The first kappa shape index (κ1) is 17.5. The summed E-state index contributed by atoms with van der Waals surface area (Å²) in [5, 5.41) is 5.61. The maximum atomic E-state index is 12.1. The van der Waals surface area contributed by atoms with E-state index in [0.717, 1.165) is 30.6 Å². The Morgan fingerprint density at radius 2 is 1.87 bits per heavy atom. The smallest absolute Gasteiger partial charge is 0.251 e. The average Bonchev–Trinajstić information content (AvgIpc) is 2.97. The highest BCUT2D eigenvalue weighted by Crippen LogP contribution is 2.15. The summed E-state index contributed by atoms with van der Waals surface area (Å²) in [4.78, 5) is 26.4. The van der Waals surface area contributed by atoms with Gasteiger partial charge in [0.1, 0.15) is 0 Å². The van der Waals surface area contributed by atoms with E-state index in [1.165, 1.54) is 6.42 Å². The van der Waals surface area contributed by atoms with Gasteiger partial charge in [-0.05, 0) is 51.9 Å². The maximum absolute atomic E-state index is 12.1. The van der Waals surface area contributed by atoms with Crippen LogP contribution in [0.4, 0.5) is 0 Å². The number of benzene rings is 1. The minimum Gasteiger partial charge on any atom is -0.353 e. The monoisotopic (exact) mass is 317 g/mol. The van der Waals surface area contributed by atoms with Crippen LogP contribution >= 0.6 is 0 Å². The van der Waals surface area contributed by atoms with Crippen LogP contribution < -0.4 is 10.6 Å². The first-order valence-electron chi connectivity index (χ1n) is 8.37. The van der Waals surface area contributed by atoms with Crippen molar-refractivity contribution in [3.63, 3.8) is 0 Å². The molecule has 5 nitrogen and oxygen atoms in total. The number of rotatable bonds is 6. The van der Waals surface area contributed by atoms with E-state index in [1.54, 1.807) is 0 Å². The van der Waals surface area contributed by atoms with E-state index >= 15 is 0 Å². The molecule has 0 bridgehead atoms. The Morgan fingerprint density at radius 1 is 1.17 bits per heavy atom. The summed E-state index contributed by atoms with van der Waals surface area (Å²) >= 11 is 0. The van der Waals surface area contributed by atoms with E-state index in [-0.39, 0.29) is 18.4 Å². The zero-order valence-corrected chi connectivity index (χ0v) is 14.3. The normalized spacial score (nSPS) is 18.0. The lowest BCUT2D eigenvalue weighted by Gasteiger charge is -2.22. The van der Waals surface area contributed by atoms with Crippen molar-refractivity contribution in [2.24, 2.45) is 0 Å². The summed E-state index contributed by atoms with van der Waals surface area (Å²) in [7, 11) is 0. The van der Waals surface area contributed by atoms with Gasteiger partial charge in [-0.25, -0.2) is 0 Å². The lowest BCUT2D eigenvalue weighted by atomic mass is 10.1. The maximum Gasteiger partial charge on any atom is 0.251 e. The van der Waals surface area contributed by atoms with Gasteiger partial charge in [-0.3, -0.25) is 14.5 Å². The largest absolute Gasteiger partial charge is 0.353 e. The first-order chi connectivity index (χ1) is 11.0. The summed E-state index contributed by atoms with van der Waals surface area (Å²) in [6.07, 6.45) is 2.32. The van der Waals surface area contributed by atoms with Crippen molar-refractivity contribution in [1.82, 2.24) is 15.5 Å². The molecule has 2 N–H and O–H groups in total. The molecule has 1 saturated heterocycles. The molecule has 1 heterocycles. The van der Waals surface area contributed by atoms with Crippen LogP contribution in [0.2, 0.25) is 0 Å². The summed E-state index contributed by atoms with van der Waals surface area (Å²) in [6, 6.07) is 6.11. The van der Waals surface area contributed by atoms with Gasteiger partial charge in [0.2, 0.25) is 5.91 Å². The number of amides is 2. The van der Waals surface area contributed by atoms with Gasteiger partial charge in [-0.1, -0.05) is 24.1 Å². The number of carbonyl (C=O) groups is 2. The molecule has 0 aromatic heterocycles. The van der Waals surface area contributed by atoms with Gasteiger partial charge in [0.15, 0.2) is 0 Å². The molecule has 2 rings (SSSR count). The topological polar surface area (TPSA) is 61.4 Å². The zero-order valence-electron chi connectivity index (χ0n) is 14.3. The fourth-order valence-corrected chi connectivity index (χ4v) is 3.21. The molecule has 0 aliphatic carbocycles. The third-order valence-electron chi connectivity index (χ3n) is 4.33. The van der Waals surface area contributed by atoms with Crippen LogP contribution in [0, 0.1) is 13.8 Å². The molecule has 1 unspecified atom stereocenters. The summed E-state index contributed by atoms with van der Waals surface area (Å²) in [5.41, 5.74) is 2.68. The van der Waals surface area contributed by atoms with Gasteiger partial charge in [-0.2, -0.15) is 0 Å². The highest BCUT2D eigenvalue weighted by Gasteiger charge is 2.23. The van der Waals surface area contributed by atoms with Crippen LogP contribution in [-0.2, 0) is 4.79 Å². The van der Waals surface area contributed by atoms with Crippen molar-refractivity contribution in [3.8, 4) is 0 Å². The number of aryl methyl sites for hydroxylation is 2. The second kappa shape index (κ2) is 8.11. The van der Waals surface area contributed by atoms with Gasteiger partial charge < -0.3 is 10.6 Å². The van der Waals surface area contributed by atoms with Crippen LogP contribution in [0.25, 0.3) is 0 Å². The van der Waals surface area contributed by atoms with Gasteiger partial charge in [0.05, 0.1) is 6.54 Å². The van der Waals surface area contributed by atoms with Crippen LogP contribution in [0.1, 0.15) is 41.3 Å². The van der Waals surface area contributed by atoms with Gasteiger partial charge in [0.25, 0.3) is 5.91 Å². The third kappa shape index (κ3) is 5.06. The van der Waals surface area contributed by atoms with Gasteiger partial charge in [-0.15, -0.1) is 0 Å². The quantitative estimate of drug-likeness (QED) is 0.838. The Morgan fingerprint density at radius 3 is 2.52 bits per heavy atom. The van der Waals surface area contributed by atoms with E-state index in [0.29, 0.717) is 18.2 Å². The molecule has 0 radical (unpaired) electrons. The van der Waals surface area contributed by atoms with Crippen molar-refractivity contribution < 1.29 is 9.59 Å². The zero-order chi connectivity index (χ0) is 16.8. The van der Waals surface area contributed by atoms with Crippen molar-refractivity contribution in [2.75, 3.05) is 26.2 Å². The molecule has 23 heavy (non-hydrogen) atoms. The average molecular weight is 317 g/mol. The summed E-state index contributed by atoms with van der Waals surface area (Å²) in [5.74, 6) is -0.339. The molecule has 2 amide bonds. The van der Waals surface area contributed by atoms with E-state index in [2.05, 4.69) is 22.5 Å². The number of likely N-dealkylation sites (tertiary alicyclic amines) is 1. The number of nitrogens with zero attached hydrogens (tertiary/aromatic N) is 1. The van der Waals surface area contributed by atoms with Crippen molar-refractivity contribution in [2.45, 2.75) is 39.7 Å². The van der Waals surface area contributed by atoms with Crippen molar-refractivity contribution in [1.29, 1.82) is 0 Å². The molecule has 126 valence electrons. The fourth-order valence-electron chi connectivity index (χ4n) is 3.21. The van der Waals surface area contributed by atoms with E-state index in [1.807, 2.05) is 32.0 Å². The molecule has 1 atom stereocenters. The van der Waals surface area contributed by atoms with Crippen LogP contribution in [0.15, 0.2) is 18.2 Å². The highest BCUT2D eigenvalue weighted by atomic mass is 16.2. The summed E-state index contributed by atoms with van der Waals surface area (Å²) in [6.45, 7) is 8.86. The molecule has 0 spiro atoms. The molecule has 1 aliphatic rings. The Hall–Kier alpha value is -1.88. The lowest BCUT2D eigenvalue weighted by Crippen LogP contribution is -2.43. The summed E-state index contributed by atoms with van der Waals surface area (Å²) < 4.78 is 0. The van der Waals surface area contributed by atoms with E-state index in [4.69, 9.17) is 0 Å². The molecule has 1 aliphatic heterocycles. The molecule has 5 heteroatoms. The van der Waals surface area contributed by atoms with Crippen molar-refractivity contribution >= 4 is 11.8 Å². The molecule has 0 saturated carbocycles. The minimum atomic E-state index is -0.206. The molecule has 1 aromatic carbocycles. The van der Waals surface area contributed by atoms with Crippen LogP contribution in [0.5, 0.6) is 0 Å². The second-order valence-electron chi connectivity index (χ2n) is 6.29. The Balaban J connectivity index is 1.76. The Kier molecular flexibility index (Phi) is 6.16. The highest BCUT2D eigenvalue weighted by molar-refractivity contribution is 5.96. The Labute approximate surface area is 138 Å². The number of likely N-dealkylation sites (N-methyl/N-ethyl adjacent to an activating group) is 1. The standard InChI is InChI=1S/C18H27N3O2/c1-4-21-7-5-6-16(21)11-19-17(22)12-20-18(23)15-9-13(2)8-14(3)10-15/h8-10,16H,4-7,11-12H2,1-3H3,(H,19,22)(H,20,23). The number of hydrogen-bond donors (Lipinski definition) is 2. The number of carbonyl (C=O) groups excluding carboxylic acids is 2.